The third kappa shape index (κ3) is 5.09. The van der Waals surface area contributed by atoms with E-state index in [9.17, 15) is 14.4 Å². The summed E-state index contributed by atoms with van der Waals surface area (Å²) in [4.78, 5) is 32.9. The molecule has 0 unspecified atom stereocenters. The molecular weight excluding hydrogens is 266 g/mol. The predicted octanol–water partition coefficient (Wildman–Crippen LogP) is -0.459. The van der Waals surface area contributed by atoms with Gasteiger partial charge in [0.2, 0.25) is 11.8 Å². The smallest absolute Gasteiger partial charge is 0.322 e. The van der Waals surface area contributed by atoms with Gasteiger partial charge >= 0.3 is 5.97 Å². The molecule has 0 saturated carbocycles. The Morgan fingerprint density at radius 2 is 1.80 bits per heavy atom. The lowest BCUT2D eigenvalue weighted by Crippen LogP contribution is -2.39. The summed E-state index contributed by atoms with van der Waals surface area (Å²) in [6, 6.07) is 0. The first-order valence-electron chi connectivity index (χ1n) is 6.07. The van der Waals surface area contributed by atoms with Crippen LogP contribution in [0.2, 0.25) is 0 Å². The molecule has 3 N–H and O–H groups in total. The van der Waals surface area contributed by atoms with Crippen molar-refractivity contribution in [2.45, 2.75) is 26.7 Å². The minimum atomic E-state index is -1.14. The van der Waals surface area contributed by atoms with Crippen LogP contribution in [0.3, 0.4) is 0 Å². The van der Waals surface area contributed by atoms with Crippen LogP contribution < -0.4 is 10.6 Å². The van der Waals surface area contributed by atoms with Crippen LogP contribution in [0.15, 0.2) is 4.52 Å². The summed E-state index contributed by atoms with van der Waals surface area (Å²) in [7, 11) is 0. The molecule has 2 amide bonds. The van der Waals surface area contributed by atoms with Crippen molar-refractivity contribution < 1.29 is 24.0 Å². The van der Waals surface area contributed by atoms with Gasteiger partial charge in [-0.2, -0.15) is 0 Å². The van der Waals surface area contributed by atoms with Gasteiger partial charge < -0.3 is 20.3 Å². The van der Waals surface area contributed by atoms with Crippen molar-refractivity contribution in [2.75, 3.05) is 13.1 Å². The molecule has 1 aromatic heterocycles. The highest BCUT2D eigenvalue weighted by Crippen LogP contribution is 2.13. The van der Waals surface area contributed by atoms with Gasteiger partial charge in [-0.25, -0.2) is 0 Å². The quantitative estimate of drug-likeness (QED) is 0.622. The van der Waals surface area contributed by atoms with Crippen molar-refractivity contribution >= 4 is 17.8 Å². The van der Waals surface area contributed by atoms with E-state index in [4.69, 9.17) is 9.63 Å². The molecule has 1 aromatic rings. The third-order valence-electron chi connectivity index (χ3n) is 2.67. The van der Waals surface area contributed by atoms with E-state index in [1.54, 1.807) is 13.8 Å². The van der Waals surface area contributed by atoms with Crippen LogP contribution in [0, 0.1) is 13.8 Å². The predicted molar refractivity (Wildman–Crippen MR) is 68.0 cm³/mol. The van der Waals surface area contributed by atoms with Crippen molar-refractivity contribution in [1.29, 1.82) is 0 Å². The van der Waals surface area contributed by atoms with Gasteiger partial charge in [0.1, 0.15) is 12.3 Å². The standard InChI is InChI=1S/C12H17N3O5/c1-7-9(8(2)20-15-7)3-4-10(16)13-5-11(17)14-6-12(18)19/h3-6H2,1-2H3,(H,13,16)(H,14,17)(H,18,19). The normalized spacial score (nSPS) is 10.1. The number of nitrogens with zero attached hydrogens (tertiary/aromatic N) is 1. The van der Waals surface area contributed by atoms with Crippen LogP contribution in [0.4, 0.5) is 0 Å². The fourth-order valence-electron chi connectivity index (χ4n) is 1.60. The Hall–Kier alpha value is -2.38. The Labute approximate surface area is 115 Å². The van der Waals surface area contributed by atoms with E-state index < -0.39 is 18.4 Å². The molecule has 0 aromatic carbocycles. The number of aliphatic carboxylic acids is 1. The number of hydrogen-bond donors (Lipinski definition) is 3. The highest BCUT2D eigenvalue weighted by molar-refractivity contribution is 5.86. The number of carbonyl (C=O) groups is 3. The molecule has 1 heterocycles. The molecule has 0 saturated heterocycles. The van der Waals surface area contributed by atoms with Gasteiger partial charge in [-0.05, 0) is 20.3 Å². The van der Waals surface area contributed by atoms with Gasteiger partial charge in [-0.15, -0.1) is 0 Å². The van der Waals surface area contributed by atoms with E-state index in [1.165, 1.54) is 0 Å². The highest BCUT2D eigenvalue weighted by Gasteiger charge is 2.12. The first-order valence-corrected chi connectivity index (χ1v) is 6.07. The molecule has 0 radical (unpaired) electrons. The van der Waals surface area contributed by atoms with Gasteiger partial charge in [-0.3, -0.25) is 14.4 Å². The molecule has 110 valence electrons. The molecule has 0 aliphatic carbocycles. The number of aryl methyl sites for hydroxylation is 2. The average Bonchev–Trinajstić information content (AvgIpc) is 2.71. The van der Waals surface area contributed by atoms with E-state index in [0.29, 0.717) is 12.2 Å². The van der Waals surface area contributed by atoms with Crippen LogP contribution in [-0.2, 0) is 20.8 Å². The Morgan fingerprint density at radius 3 is 2.35 bits per heavy atom. The minimum Gasteiger partial charge on any atom is -0.480 e. The van der Waals surface area contributed by atoms with E-state index in [2.05, 4.69) is 15.8 Å². The van der Waals surface area contributed by atoms with Crippen molar-refractivity contribution in [2.24, 2.45) is 0 Å². The van der Waals surface area contributed by atoms with Gasteiger partial charge in [-0.1, -0.05) is 5.16 Å². The maximum Gasteiger partial charge on any atom is 0.322 e. The Bertz CT molecular complexity index is 490. The molecule has 20 heavy (non-hydrogen) atoms. The van der Waals surface area contributed by atoms with Crippen LogP contribution in [0.1, 0.15) is 23.4 Å². The Kier molecular flexibility index (Phi) is 5.70. The molecule has 0 aliphatic rings. The maximum atomic E-state index is 11.5. The fourth-order valence-corrected chi connectivity index (χ4v) is 1.60. The topological polar surface area (TPSA) is 122 Å². The summed E-state index contributed by atoms with van der Waals surface area (Å²) < 4.78 is 4.98. The van der Waals surface area contributed by atoms with Crippen molar-refractivity contribution in [1.82, 2.24) is 15.8 Å². The Balaban J connectivity index is 2.27. The summed E-state index contributed by atoms with van der Waals surface area (Å²) in [5.41, 5.74) is 1.63. The summed E-state index contributed by atoms with van der Waals surface area (Å²) in [5.74, 6) is -1.30. The number of aromatic nitrogens is 1. The first-order chi connectivity index (χ1) is 9.40. The zero-order valence-corrected chi connectivity index (χ0v) is 11.4. The SMILES string of the molecule is Cc1noc(C)c1CCC(=O)NCC(=O)NCC(=O)O. The van der Waals surface area contributed by atoms with Crippen molar-refractivity contribution in [3.05, 3.63) is 17.0 Å². The average molecular weight is 283 g/mol. The van der Waals surface area contributed by atoms with Crippen LogP contribution in [-0.4, -0.2) is 41.1 Å². The number of rotatable bonds is 7. The van der Waals surface area contributed by atoms with Crippen molar-refractivity contribution in [3.8, 4) is 0 Å². The number of amides is 2. The van der Waals surface area contributed by atoms with Gasteiger partial charge in [0.15, 0.2) is 0 Å². The molecule has 0 spiro atoms. The molecule has 0 atom stereocenters. The van der Waals surface area contributed by atoms with E-state index >= 15 is 0 Å². The zero-order chi connectivity index (χ0) is 15.1. The largest absolute Gasteiger partial charge is 0.480 e. The second-order valence-electron chi connectivity index (χ2n) is 4.25. The zero-order valence-electron chi connectivity index (χ0n) is 11.4. The minimum absolute atomic E-state index is 0.203. The lowest BCUT2D eigenvalue weighted by molar-refractivity contribution is -0.137. The lowest BCUT2D eigenvalue weighted by Gasteiger charge is -2.05. The van der Waals surface area contributed by atoms with Crippen LogP contribution >= 0.6 is 0 Å². The molecule has 0 fully saturated rings. The van der Waals surface area contributed by atoms with Crippen LogP contribution in [0.25, 0.3) is 0 Å². The van der Waals surface area contributed by atoms with Crippen LogP contribution in [0.5, 0.6) is 0 Å². The molecule has 0 aliphatic heterocycles. The lowest BCUT2D eigenvalue weighted by atomic mass is 10.1. The molecule has 1 rings (SSSR count). The second kappa shape index (κ2) is 7.27. The number of hydrogen-bond acceptors (Lipinski definition) is 5. The van der Waals surface area contributed by atoms with E-state index in [1.807, 2.05) is 0 Å². The number of carbonyl (C=O) groups excluding carboxylic acids is 2. The van der Waals surface area contributed by atoms with E-state index in [0.717, 1.165) is 11.3 Å². The fraction of sp³-hybridized carbons (Fsp3) is 0.500. The second-order valence-corrected chi connectivity index (χ2v) is 4.25. The number of nitrogens with one attached hydrogen (secondary N) is 2. The Morgan fingerprint density at radius 1 is 1.15 bits per heavy atom. The molecular formula is C12H17N3O5. The first kappa shape index (κ1) is 15.7. The summed E-state index contributed by atoms with van der Waals surface area (Å²) in [6.45, 7) is 2.86. The van der Waals surface area contributed by atoms with E-state index in [-0.39, 0.29) is 18.9 Å². The van der Waals surface area contributed by atoms with Gasteiger partial charge in [0, 0.05) is 12.0 Å². The number of carboxylic acids is 1. The monoisotopic (exact) mass is 283 g/mol. The number of carboxylic acid groups (broad SMARTS) is 1. The summed E-state index contributed by atoms with van der Waals surface area (Å²) in [5, 5.41) is 16.7. The molecule has 0 bridgehead atoms. The summed E-state index contributed by atoms with van der Waals surface area (Å²) in [6.07, 6.45) is 0.679. The van der Waals surface area contributed by atoms with Crippen molar-refractivity contribution in [3.63, 3.8) is 0 Å². The third-order valence-corrected chi connectivity index (χ3v) is 2.67. The van der Waals surface area contributed by atoms with Gasteiger partial charge in [0.05, 0.1) is 12.2 Å². The highest BCUT2D eigenvalue weighted by atomic mass is 16.5. The maximum absolute atomic E-state index is 11.5. The summed E-state index contributed by atoms with van der Waals surface area (Å²) >= 11 is 0. The molecule has 8 heteroatoms. The van der Waals surface area contributed by atoms with Gasteiger partial charge in [0.25, 0.3) is 0 Å². The molecule has 8 nitrogen and oxygen atoms in total.